The van der Waals surface area contributed by atoms with E-state index >= 15 is 0 Å². The Kier molecular flexibility index (Phi) is 2.47. The number of para-hydroxylation sites is 1. The van der Waals surface area contributed by atoms with Crippen molar-refractivity contribution < 1.29 is 0 Å². The van der Waals surface area contributed by atoms with Gasteiger partial charge < -0.3 is 11.1 Å². The van der Waals surface area contributed by atoms with E-state index in [1.54, 1.807) is 6.20 Å². The molecule has 0 radical (unpaired) electrons. The Hall–Kier alpha value is -3.15. The van der Waals surface area contributed by atoms with Crippen molar-refractivity contribution in [1.29, 1.82) is 0 Å². The first-order chi connectivity index (χ1) is 10.3. The minimum absolute atomic E-state index is 0.465. The fourth-order valence-electron chi connectivity index (χ4n) is 2.31. The van der Waals surface area contributed by atoms with Crippen molar-refractivity contribution in [1.82, 2.24) is 20.2 Å². The molecule has 4 aromatic rings. The standard InChI is InChI=1S/C15H12N6/c16-14-11-3-1-2-4-13(11)19-15(20-14)18-10-5-6-12-9(7-10)8-17-21-12/h1-8H,(H,17,21)(H3,16,18,19,20). The van der Waals surface area contributed by atoms with Crippen molar-refractivity contribution in [3.05, 3.63) is 48.7 Å². The number of hydrogen-bond acceptors (Lipinski definition) is 5. The SMILES string of the molecule is Nc1nc(Nc2ccc3[nH]ncc3c2)nc2ccccc12. The van der Waals surface area contributed by atoms with Crippen LogP contribution in [0.15, 0.2) is 48.7 Å². The fraction of sp³-hybridized carbons (Fsp3) is 0. The molecule has 0 aliphatic carbocycles. The molecule has 0 aliphatic rings. The number of aromatic amines is 1. The van der Waals surface area contributed by atoms with Gasteiger partial charge in [-0.15, -0.1) is 0 Å². The average molecular weight is 276 g/mol. The molecule has 0 atom stereocenters. The van der Waals surface area contributed by atoms with Crippen molar-refractivity contribution in [2.24, 2.45) is 0 Å². The summed E-state index contributed by atoms with van der Waals surface area (Å²) in [6, 6.07) is 13.5. The highest BCUT2D eigenvalue weighted by Gasteiger charge is 2.05. The zero-order valence-electron chi connectivity index (χ0n) is 11.0. The van der Waals surface area contributed by atoms with E-state index in [4.69, 9.17) is 5.73 Å². The summed E-state index contributed by atoms with van der Waals surface area (Å²) < 4.78 is 0. The number of aromatic nitrogens is 4. The Morgan fingerprint density at radius 2 is 1.95 bits per heavy atom. The summed E-state index contributed by atoms with van der Waals surface area (Å²) in [5, 5.41) is 12.0. The third kappa shape index (κ3) is 2.02. The van der Waals surface area contributed by atoms with Crippen molar-refractivity contribution in [2.75, 3.05) is 11.1 Å². The van der Waals surface area contributed by atoms with E-state index in [9.17, 15) is 0 Å². The van der Waals surface area contributed by atoms with E-state index in [0.29, 0.717) is 11.8 Å². The summed E-state index contributed by atoms with van der Waals surface area (Å²) in [7, 11) is 0. The zero-order chi connectivity index (χ0) is 14.2. The topological polar surface area (TPSA) is 92.5 Å². The highest BCUT2D eigenvalue weighted by Crippen LogP contribution is 2.23. The summed E-state index contributed by atoms with van der Waals surface area (Å²) in [5.74, 6) is 0.946. The van der Waals surface area contributed by atoms with Gasteiger partial charge in [-0.25, -0.2) is 4.98 Å². The maximum absolute atomic E-state index is 5.98. The van der Waals surface area contributed by atoms with Crippen LogP contribution in [-0.2, 0) is 0 Å². The number of rotatable bonds is 2. The van der Waals surface area contributed by atoms with E-state index in [0.717, 1.165) is 27.5 Å². The number of benzene rings is 2. The molecule has 2 aromatic carbocycles. The predicted molar refractivity (Wildman–Crippen MR) is 83.3 cm³/mol. The molecule has 4 N–H and O–H groups in total. The van der Waals surface area contributed by atoms with Crippen molar-refractivity contribution in [3.63, 3.8) is 0 Å². The maximum atomic E-state index is 5.98. The number of fused-ring (bicyclic) bond motifs is 2. The molecule has 102 valence electrons. The molecule has 21 heavy (non-hydrogen) atoms. The van der Waals surface area contributed by atoms with E-state index in [1.807, 2.05) is 42.5 Å². The molecule has 2 aromatic heterocycles. The van der Waals surface area contributed by atoms with E-state index in [1.165, 1.54) is 0 Å². The zero-order valence-corrected chi connectivity index (χ0v) is 11.0. The molecule has 0 saturated carbocycles. The normalized spacial score (nSPS) is 11.0. The molecule has 0 aliphatic heterocycles. The van der Waals surface area contributed by atoms with Crippen LogP contribution in [0.4, 0.5) is 17.5 Å². The van der Waals surface area contributed by atoms with Crippen LogP contribution < -0.4 is 11.1 Å². The predicted octanol–water partition coefficient (Wildman–Crippen LogP) is 2.83. The number of nitrogen functional groups attached to an aromatic ring is 1. The summed E-state index contributed by atoms with van der Waals surface area (Å²) in [5.41, 5.74) is 8.67. The van der Waals surface area contributed by atoms with Crippen LogP contribution in [0.1, 0.15) is 0 Å². The molecule has 6 nitrogen and oxygen atoms in total. The Morgan fingerprint density at radius 1 is 1.05 bits per heavy atom. The lowest BCUT2D eigenvalue weighted by molar-refractivity contribution is 1.12. The van der Waals surface area contributed by atoms with Crippen LogP contribution in [0.3, 0.4) is 0 Å². The van der Waals surface area contributed by atoms with Crippen LogP contribution in [0.2, 0.25) is 0 Å². The molecule has 6 heteroatoms. The van der Waals surface area contributed by atoms with Crippen LogP contribution in [-0.4, -0.2) is 20.2 Å². The Bertz CT molecular complexity index is 943. The smallest absolute Gasteiger partial charge is 0.229 e. The third-order valence-corrected chi connectivity index (χ3v) is 3.33. The summed E-state index contributed by atoms with van der Waals surface area (Å²) >= 11 is 0. The minimum atomic E-state index is 0.465. The molecule has 2 heterocycles. The molecule has 4 rings (SSSR count). The second-order valence-electron chi connectivity index (χ2n) is 4.75. The van der Waals surface area contributed by atoms with Crippen molar-refractivity contribution in [3.8, 4) is 0 Å². The van der Waals surface area contributed by atoms with Gasteiger partial charge in [0.15, 0.2) is 0 Å². The number of nitrogens with two attached hydrogens (primary N) is 1. The van der Waals surface area contributed by atoms with Gasteiger partial charge in [-0.05, 0) is 30.3 Å². The number of hydrogen-bond donors (Lipinski definition) is 3. The van der Waals surface area contributed by atoms with E-state index < -0.39 is 0 Å². The van der Waals surface area contributed by atoms with Gasteiger partial charge in [-0.2, -0.15) is 10.1 Å². The molecular formula is C15H12N6. The maximum Gasteiger partial charge on any atom is 0.229 e. The Morgan fingerprint density at radius 3 is 2.90 bits per heavy atom. The van der Waals surface area contributed by atoms with Crippen molar-refractivity contribution >= 4 is 39.3 Å². The van der Waals surface area contributed by atoms with Gasteiger partial charge in [0.05, 0.1) is 17.2 Å². The van der Waals surface area contributed by atoms with Crippen LogP contribution >= 0.6 is 0 Å². The van der Waals surface area contributed by atoms with Gasteiger partial charge in [0.2, 0.25) is 5.95 Å². The average Bonchev–Trinajstić information content (AvgIpc) is 2.95. The van der Waals surface area contributed by atoms with Gasteiger partial charge in [0.1, 0.15) is 5.82 Å². The molecule has 0 bridgehead atoms. The lowest BCUT2D eigenvalue weighted by Crippen LogP contribution is -2.01. The summed E-state index contributed by atoms with van der Waals surface area (Å²) in [4.78, 5) is 8.77. The lowest BCUT2D eigenvalue weighted by atomic mass is 10.2. The van der Waals surface area contributed by atoms with Crippen LogP contribution in [0.5, 0.6) is 0 Å². The first kappa shape index (κ1) is 11.7. The molecule has 0 unspecified atom stereocenters. The second-order valence-corrected chi connectivity index (χ2v) is 4.75. The molecule has 0 amide bonds. The number of anilines is 3. The number of nitrogens with one attached hydrogen (secondary N) is 2. The Balaban J connectivity index is 1.76. The fourth-order valence-corrected chi connectivity index (χ4v) is 2.31. The van der Waals surface area contributed by atoms with E-state index in [-0.39, 0.29) is 0 Å². The molecule has 0 fully saturated rings. The largest absolute Gasteiger partial charge is 0.383 e. The van der Waals surface area contributed by atoms with Gasteiger partial charge in [0, 0.05) is 16.5 Å². The molecule has 0 spiro atoms. The van der Waals surface area contributed by atoms with Crippen molar-refractivity contribution in [2.45, 2.75) is 0 Å². The monoisotopic (exact) mass is 276 g/mol. The van der Waals surface area contributed by atoms with Crippen LogP contribution in [0, 0.1) is 0 Å². The first-order valence-corrected chi connectivity index (χ1v) is 6.52. The second kappa shape index (κ2) is 4.45. The highest BCUT2D eigenvalue weighted by atomic mass is 15.1. The number of nitrogens with zero attached hydrogens (tertiary/aromatic N) is 3. The number of H-pyrrole nitrogens is 1. The van der Waals surface area contributed by atoms with E-state index in [2.05, 4.69) is 25.5 Å². The van der Waals surface area contributed by atoms with Gasteiger partial charge in [-0.1, -0.05) is 12.1 Å². The van der Waals surface area contributed by atoms with Gasteiger partial charge in [-0.3, -0.25) is 5.10 Å². The minimum Gasteiger partial charge on any atom is -0.383 e. The molecule has 0 saturated heterocycles. The third-order valence-electron chi connectivity index (χ3n) is 3.33. The summed E-state index contributed by atoms with van der Waals surface area (Å²) in [6.45, 7) is 0. The summed E-state index contributed by atoms with van der Waals surface area (Å²) in [6.07, 6.45) is 1.77. The highest BCUT2D eigenvalue weighted by molar-refractivity contribution is 5.89. The quantitative estimate of drug-likeness (QED) is 0.523. The van der Waals surface area contributed by atoms with Gasteiger partial charge in [0.25, 0.3) is 0 Å². The van der Waals surface area contributed by atoms with Crippen LogP contribution in [0.25, 0.3) is 21.8 Å². The lowest BCUT2D eigenvalue weighted by Gasteiger charge is -2.07. The first-order valence-electron chi connectivity index (χ1n) is 6.52. The van der Waals surface area contributed by atoms with Gasteiger partial charge >= 0.3 is 0 Å². The Labute approximate surface area is 120 Å². The molecular weight excluding hydrogens is 264 g/mol.